The average molecular weight is 254 g/mol. The Hall–Kier alpha value is -1.98. The standard InChI is InChI=1S/C12H12F2N2O2/c1-2-16-11(17)6-10(12(16)18)15-7-3-4-8(13)9(14)5-7/h3-5,10,15H,2,6H2,1H3. The van der Waals surface area contributed by atoms with Crippen LogP contribution >= 0.6 is 0 Å². The van der Waals surface area contributed by atoms with Crippen LogP contribution in [0.2, 0.25) is 0 Å². The van der Waals surface area contributed by atoms with Crippen LogP contribution in [0.15, 0.2) is 18.2 Å². The predicted molar refractivity (Wildman–Crippen MR) is 60.8 cm³/mol. The van der Waals surface area contributed by atoms with Crippen molar-refractivity contribution in [1.29, 1.82) is 0 Å². The zero-order valence-corrected chi connectivity index (χ0v) is 9.74. The van der Waals surface area contributed by atoms with Crippen LogP contribution in [-0.4, -0.2) is 29.3 Å². The van der Waals surface area contributed by atoms with Gasteiger partial charge in [0.2, 0.25) is 5.91 Å². The van der Waals surface area contributed by atoms with Crippen LogP contribution in [0.4, 0.5) is 14.5 Å². The van der Waals surface area contributed by atoms with Crippen molar-refractivity contribution in [2.24, 2.45) is 0 Å². The molecule has 0 saturated carbocycles. The Morgan fingerprint density at radius 3 is 2.61 bits per heavy atom. The van der Waals surface area contributed by atoms with Crippen LogP contribution in [0, 0.1) is 11.6 Å². The molecule has 1 unspecified atom stereocenters. The van der Waals surface area contributed by atoms with E-state index < -0.39 is 17.7 Å². The van der Waals surface area contributed by atoms with E-state index in [4.69, 9.17) is 0 Å². The molecule has 4 nitrogen and oxygen atoms in total. The summed E-state index contributed by atoms with van der Waals surface area (Å²) in [6.07, 6.45) is 0.0334. The number of benzene rings is 1. The molecule has 1 saturated heterocycles. The Labute approximate surface area is 103 Å². The third-order valence-electron chi connectivity index (χ3n) is 2.82. The van der Waals surface area contributed by atoms with Gasteiger partial charge >= 0.3 is 0 Å². The summed E-state index contributed by atoms with van der Waals surface area (Å²) in [5, 5.41) is 2.73. The second-order valence-corrected chi connectivity index (χ2v) is 4.01. The number of anilines is 1. The minimum atomic E-state index is -0.996. The van der Waals surface area contributed by atoms with E-state index in [1.54, 1.807) is 6.92 Å². The van der Waals surface area contributed by atoms with E-state index >= 15 is 0 Å². The highest BCUT2D eigenvalue weighted by atomic mass is 19.2. The highest BCUT2D eigenvalue weighted by molar-refractivity contribution is 6.06. The summed E-state index contributed by atoms with van der Waals surface area (Å²) in [4.78, 5) is 24.4. The zero-order chi connectivity index (χ0) is 13.3. The van der Waals surface area contributed by atoms with E-state index in [1.165, 1.54) is 6.07 Å². The summed E-state index contributed by atoms with van der Waals surface area (Å²) in [5.74, 6) is -2.55. The molecule has 2 rings (SSSR count). The van der Waals surface area contributed by atoms with Gasteiger partial charge in [-0.1, -0.05) is 0 Å². The first kappa shape index (κ1) is 12.5. The molecule has 1 aromatic carbocycles. The van der Waals surface area contributed by atoms with Crippen LogP contribution in [0.25, 0.3) is 0 Å². The Kier molecular flexibility index (Phi) is 3.27. The number of nitrogens with zero attached hydrogens (tertiary/aromatic N) is 1. The van der Waals surface area contributed by atoms with Crippen molar-refractivity contribution in [3.8, 4) is 0 Å². The van der Waals surface area contributed by atoms with Gasteiger partial charge in [0.15, 0.2) is 11.6 Å². The van der Waals surface area contributed by atoms with E-state index in [9.17, 15) is 18.4 Å². The number of nitrogens with one attached hydrogen (secondary N) is 1. The van der Waals surface area contributed by atoms with Gasteiger partial charge in [-0.2, -0.15) is 0 Å². The van der Waals surface area contributed by atoms with Crippen molar-refractivity contribution in [3.05, 3.63) is 29.8 Å². The number of amides is 2. The summed E-state index contributed by atoms with van der Waals surface area (Å²) in [7, 11) is 0. The normalized spacial score (nSPS) is 19.5. The minimum Gasteiger partial charge on any atom is -0.373 e. The highest BCUT2D eigenvalue weighted by Crippen LogP contribution is 2.19. The number of hydrogen-bond donors (Lipinski definition) is 1. The van der Waals surface area contributed by atoms with Gasteiger partial charge < -0.3 is 5.32 Å². The van der Waals surface area contributed by atoms with Crippen LogP contribution in [0.5, 0.6) is 0 Å². The van der Waals surface area contributed by atoms with Gasteiger partial charge in [-0.05, 0) is 19.1 Å². The van der Waals surface area contributed by atoms with E-state index in [1.807, 2.05) is 0 Å². The first-order valence-electron chi connectivity index (χ1n) is 5.58. The fourth-order valence-corrected chi connectivity index (χ4v) is 1.92. The molecule has 1 atom stereocenters. The fourth-order valence-electron chi connectivity index (χ4n) is 1.92. The second kappa shape index (κ2) is 4.72. The quantitative estimate of drug-likeness (QED) is 0.832. The number of halogens is 2. The van der Waals surface area contributed by atoms with Gasteiger partial charge in [0.1, 0.15) is 6.04 Å². The molecule has 2 amide bonds. The maximum atomic E-state index is 13.0. The van der Waals surface area contributed by atoms with Crippen molar-refractivity contribution in [2.45, 2.75) is 19.4 Å². The smallest absolute Gasteiger partial charge is 0.252 e. The maximum Gasteiger partial charge on any atom is 0.252 e. The lowest BCUT2D eigenvalue weighted by molar-refractivity contribution is -0.138. The van der Waals surface area contributed by atoms with E-state index in [2.05, 4.69) is 5.32 Å². The molecule has 6 heteroatoms. The van der Waals surface area contributed by atoms with Crippen LogP contribution < -0.4 is 5.32 Å². The third-order valence-corrected chi connectivity index (χ3v) is 2.82. The zero-order valence-electron chi connectivity index (χ0n) is 9.74. The summed E-state index contributed by atoms with van der Waals surface area (Å²) >= 11 is 0. The lowest BCUT2D eigenvalue weighted by atomic mass is 10.2. The molecule has 0 bridgehead atoms. The molecule has 1 aliphatic heterocycles. The highest BCUT2D eigenvalue weighted by Gasteiger charge is 2.37. The molecule has 0 aliphatic carbocycles. The first-order valence-corrected chi connectivity index (χ1v) is 5.58. The molecule has 1 aromatic rings. The molecular formula is C12H12F2N2O2. The summed E-state index contributed by atoms with van der Waals surface area (Å²) in [6, 6.07) is 2.55. The molecule has 0 aromatic heterocycles. The van der Waals surface area contributed by atoms with Gasteiger partial charge in [0.25, 0.3) is 5.91 Å². The number of rotatable bonds is 3. The number of imide groups is 1. The van der Waals surface area contributed by atoms with Gasteiger partial charge in [-0.3, -0.25) is 14.5 Å². The topological polar surface area (TPSA) is 49.4 Å². The number of hydrogen-bond acceptors (Lipinski definition) is 3. The Morgan fingerprint density at radius 2 is 2.06 bits per heavy atom. The lowest BCUT2D eigenvalue weighted by Crippen LogP contribution is -2.34. The molecule has 1 fully saturated rings. The van der Waals surface area contributed by atoms with E-state index in [-0.39, 0.29) is 23.9 Å². The minimum absolute atomic E-state index is 0.0334. The molecule has 1 N–H and O–H groups in total. The summed E-state index contributed by atoms with van der Waals surface area (Å²) in [5.41, 5.74) is 0.276. The van der Waals surface area contributed by atoms with Crippen LogP contribution in [-0.2, 0) is 9.59 Å². The molecule has 96 valence electrons. The number of likely N-dealkylation sites (N-methyl/N-ethyl adjacent to an activating group) is 1. The van der Waals surface area contributed by atoms with Crippen molar-refractivity contribution in [1.82, 2.24) is 4.90 Å². The maximum absolute atomic E-state index is 13.0. The molecule has 0 spiro atoms. The van der Waals surface area contributed by atoms with Crippen LogP contribution in [0.3, 0.4) is 0 Å². The first-order chi connectivity index (χ1) is 8.52. The van der Waals surface area contributed by atoms with Gasteiger partial charge in [-0.15, -0.1) is 0 Å². The molecular weight excluding hydrogens is 242 g/mol. The molecule has 18 heavy (non-hydrogen) atoms. The number of likely N-dealkylation sites (tertiary alicyclic amines) is 1. The van der Waals surface area contributed by atoms with Crippen LogP contribution in [0.1, 0.15) is 13.3 Å². The Morgan fingerprint density at radius 1 is 1.33 bits per heavy atom. The largest absolute Gasteiger partial charge is 0.373 e. The lowest BCUT2D eigenvalue weighted by Gasteiger charge is -2.14. The monoisotopic (exact) mass is 254 g/mol. The Bertz CT molecular complexity index is 505. The Balaban J connectivity index is 2.13. The van der Waals surface area contributed by atoms with Crippen molar-refractivity contribution < 1.29 is 18.4 Å². The summed E-state index contributed by atoms with van der Waals surface area (Å²) < 4.78 is 25.7. The number of carbonyl (C=O) groups excluding carboxylic acids is 2. The third kappa shape index (κ3) is 2.18. The summed E-state index contributed by atoms with van der Waals surface area (Å²) in [6.45, 7) is 2.02. The second-order valence-electron chi connectivity index (χ2n) is 4.01. The molecule has 0 radical (unpaired) electrons. The van der Waals surface area contributed by atoms with Gasteiger partial charge in [0.05, 0.1) is 6.42 Å². The SMILES string of the molecule is CCN1C(=O)CC(Nc2ccc(F)c(F)c2)C1=O. The molecule has 1 heterocycles. The molecule has 1 aliphatic rings. The van der Waals surface area contributed by atoms with Crippen molar-refractivity contribution in [2.75, 3.05) is 11.9 Å². The van der Waals surface area contributed by atoms with E-state index in [0.29, 0.717) is 6.54 Å². The van der Waals surface area contributed by atoms with Crippen molar-refractivity contribution >= 4 is 17.5 Å². The van der Waals surface area contributed by atoms with E-state index in [0.717, 1.165) is 17.0 Å². The number of carbonyl (C=O) groups is 2. The van der Waals surface area contributed by atoms with Crippen molar-refractivity contribution in [3.63, 3.8) is 0 Å². The predicted octanol–water partition coefficient (Wildman–Crippen LogP) is 1.52. The van der Waals surface area contributed by atoms with Gasteiger partial charge in [-0.25, -0.2) is 8.78 Å². The van der Waals surface area contributed by atoms with Gasteiger partial charge in [0, 0.05) is 18.3 Å². The average Bonchev–Trinajstić information content (AvgIpc) is 2.59. The fraction of sp³-hybridized carbons (Fsp3) is 0.333.